The molecule has 0 bridgehead atoms. The number of nitrogens with one attached hydrogen (secondary N) is 1. The Kier molecular flexibility index (Phi) is 5.82. The van der Waals surface area contributed by atoms with Crippen LogP contribution < -0.4 is 19.5 Å². The van der Waals surface area contributed by atoms with Gasteiger partial charge in [0.1, 0.15) is 0 Å². The number of methoxy groups -OCH3 is 3. The molecule has 158 valence electrons. The summed E-state index contributed by atoms with van der Waals surface area (Å²) in [6, 6.07) is 3.11. The molecule has 1 unspecified atom stereocenters. The molecule has 0 aromatic heterocycles. The van der Waals surface area contributed by atoms with Crippen molar-refractivity contribution in [1.29, 1.82) is 0 Å². The maximum Gasteiger partial charge on any atom is 0.277 e. The summed E-state index contributed by atoms with van der Waals surface area (Å²) < 4.78 is 15.9. The molecule has 0 radical (unpaired) electrons. The minimum Gasteiger partial charge on any atom is -0.493 e. The molecule has 1 aliphatic carbocycles. The second kappa shape index (κ2) is 8.18. The predicted octanol–water partition coefficient (Wildman–Crippen LogP) is 3.47. The Morgan fingerprint density at radius 1 is 1.03 bits per heavy atom. The van der Waals surface area contributed by atoms with Crippen LogP contribution in [0.4, 0.5) is 0 Å². The highest BCUT2D eigenvalue weighted by Gasteiger charge is 2.32. The number of nitrogens with zero attached hydrogens (tertiary/aromatic N) is 1. The number of hydrogen-bond donors (Lipinski definition) is 1. The van der Waals surface area contributed by atoms with Crippen molar-refractivity contribution in [3.63, 3.8) is 0 Å². The molecule has 1 aliphatic heterocycles. The molecule has 30 heavy (non-hydrogen) atoms. The van der Waals surface area contributed by atoms with Gasteiger partial charge >= 0.3 is 0 Å². The van der Waals surface area contributed by atoms with Crippen LogP contribution >= 0.6 is 0 Å². The van der Waals surface area contributed by atoms with Crippen LogP contribution in [0.25, 0.3) is 0 Å². The van der Waals surface area contributed by atoms with E-state index in [1.165, 1.54) is 21.3 Å². The molecule has 7 nitrogen and oxygen atoms in total. The SMILES string of the molecule is COc1cc(C(=O)N=C2C=CC3C(=C2)NC(=O)C=C3C(C)(C)C)cc(OC)c1OC. The van der Waals surface area contributed by atoms with Gasteiger partial charge in [-0.1, -0.05) is 26.8 Å². The Morgan fingerprint density at radius 3 is 2.20 bits per heavy atom. The second-order valence-electron chi connectivity index (χ2n) is 8.03. The summed E-state index contributed by atoms with van der Waals surface area (Å²) in [4.78, 5) is 29.1. The Balaban J connectivity index is 1.94. The van der Waals surface area contributed by atoms with Gasteiger partial charge in [-0.05, 0) is 35.3 Å². The van der Waals surface area contributed by atoms with E-state index < -0.39 is 5.91 Å². The lowest BCUT2D eigenvalue weighted by Crippen LogP contribution is -2.36. The largest absolute Gasteiger partial charge is 0.493 e. The molecule has 0 spiro atoms. The van der Waals surface area contributed by atoms with E-state index in [0.717, 1.165) is 5.57 Å². The lowest BCUT2D eigenvalue weighted by Gasteiger charge is -2.34. The van der Waals surface area contributed by atoms with Crippen LogP contribution in [-0.2, 0) is 4.79 Å². The smallest absolute Gasteiger partial charge is 0.277 e. The molecule has 1 atom stereocenters. The summed E-state index contributed by atoms with van der Waals surface area (Å²) in [5.41, 5.74) is 2.33. The quantitative estimate of drug-likeness (QED) is 0.821. The Hall–Kier alpha value is -3.35. The molecule has 7 heteroatoms. The van der Waals surface area contributed by atoms with Crippen LogP contribution in [0.5, 0.6) is 17.2 Å². The fourth-order valence-corrected chi connectivity index (χ4v) is 3.53. The molecular weight excluding hydrogens is 384 g/mol. The molecule has 0 saturated heterocycles. The highest BCUT2D eigenvalue weighted by Crippen LogP contribution is 2.39. The zero-order valence-electron chi connectivity index (χ0n) is 18.0. The average molecular weight is 410 g/mol. The number of rotatable bonds is 4. The number of aliphatic imine (C=N–C) groups is 1. The van der Waals surface area contributed by atoms with Crippen molar-refractivity contribution in [3.8, 4) is 17.2 Å². The van der Waals surface area contributed by atoms with E-state index in [2.05, 4.69) is 31.1 Å². The third-order valence-electron chi connectivity index (χ3n) is 5.00. The highest BCUT2D eigenvalue weighted by atomic mass is 16.5. The molecule has 2 amide bonds. The number of allylic oxidation sites excluding steroid dienone is 3. The first-order valence-electron chi connectivity index (χ1n) is 9.53. The first kappa shape index (κ1) is 21.4. The number of carbonyl (C=O) groups excluding carboxylic acids is 2. The van der Waals surface area contributed by atoms with Gasteiger partial charge < -0.3 is 19.5 Å². The third-order valence-corrected chi connectivity index (χ3v) is 5.00. The van der Waals surface area contributed by atoms with E-state index in [0.29, 0.717) is 34.2 Å². The van der Waals surface area contributed by atoms with Gasteiger partial charge in [-0.25, -0.2) is 4.99 Å². The minimum absolute atomic E-state index is 0.0436. The zero-order chi connectivity index (χ0) is 22.1. The lowest BCUT2D eigenvalue weighted by atomic mass is 9.74. The van der Waals surface area contributed by atoms with E-state index in [4.69, 9.17) is 14.2 Å². The first-order chi connectivity index (χ1) is 14.2. The first-order valence-corrected chi connectivity index (χ1v) is 9.53. The summed E-state index contributed by atoms with van der Waals surface area (Å²) in [5, 5.41) is 2.86. The number of amides is 2. The predicted molar refractivity (Wildman–Crippen MR) is 114 cm³/mol. The number of fused-ring (bicyclic) bond motifs is 1. The molecule has 0 saturated carbocycles. The molecule has 1 aromatic rings. The average Bonchev–Trinajstić information content (AvgIpc) is 2.70. The van der Waals surface area contributed by atoms with E-state index in [1.807, 2.05) is 6.08 Å². The summed E-state index contributed by atoms with van der Waals surface area (Å²) in [5.74, 6) is 0.469. The maximum absolute atomic E-state index is 12.8. The fourth-order valence-electron chi connectivity index (χ4n) is 3.53. The van der Waals surface area contributed by atoms with Gasteiger partial charge in [-0.3, -0.25) is 9.59 Å². The maximum atomic E-state index is 12.8. The number of carbonyl (C=O) groups is 2. The summed E-state index contributed by atoms with van der Waals surface area (Å²) in [6.07, 6.45) is 7.13. The van der Waals surface area contributed by atoms with Crippen LogP contribution in [0, 0.1) is 11.3 Å². The van der Waals surface area contributed by atoms with Gasteiger partial charge in [0.25, 0.3) is 5.91 Å². The third kappa shape index (κ3) is 4.15. The van der Waals surface area contributed by atoms with Crippen molar-refractivity contribution in [2.45, 2.75) is 20.8 Å². The van der Waals surface area contributed by atoms with Crippen molar-refractivity contribution in [3.05, 3.63) is 53.3 Å². The van der Waals surface area contributed by atoms with Gasteiger partial charge in [0.2, 0.25) is 11.7 Å². The van der Waals surface area contributed by atoms with Crippen LogP contribution in [0.1, 0.15) is 31.1 Å². The van der Waals surface area contributed by atoms with E-state index in [1.54, 1.807) is 30.4 Å². The van der Waals surface area contributed by atoms with Crippen molar-refractivity contribution >= 4 is 17.5 Å². The van der Waals surface area contributed by atoms with Crippen LogP contribution in [0.15, 0.2) is 52.7 Å². The lowest BCUT2D eigenvalue weighted by molar-refractivity contribution is -0.116. The molecule has 0 fully saturated rings. The molecule has 1 aromatic carbocycles. The Labute approximate surface area is 176 Å². The van der Waals surface area contributed by atoms with Gasteiger partial charge in [0.15, 0.2) is 11.5 Å². The molecule has 2 aliphatic rings. The van der Waals surface area contributed by atoms with Crippen molar-refractivity contribution in [2.24, 2.45) is 16.3 Å². The second-order valence-corrected chi connectivity index (χ2v) is 8.03. The minimum atomic E-state index is -0.460. The van der Waals surface area contributed by atoms with Gasteiger partial charge in [-0.2, -0.15) is 0 Å². The normalized spacial score (nSPS) is 19.5. The molecule has 1 heterocycles. The highest BCUT2D eigenvalue weighted by molar-refractivity contribution is 6.14. The van der Waals surface area contributed by atoms with Gasteiger partial charge in [-0.15, -0.1) is 0 Å². The van der Waals surface area contributed by atoms with Crippen molar-refractivity contribution in [1.82, 2.24) is 5.32 Å². The Bertz CT molecular complexity index is 984. The van der Waals surface area contributed by atoms with Crippen LogP contribution in [0.2, 0.25) is 0 Å². The van der Waals surface area contributed by atoms with E-state index in [9.17, 15) is 9.59 Å². The standard InChI is InChI=1S/C23H26N2O5/c1-23(2,3)16-12-20(26)25-17-11-14(7-8-15(16)17)24-22(27)13-9-18(28-4)21(30-6)19(10-13)29-5/h7-12,15H,1-6H3,(H,25,26). The van der Waals surface area contributed by atoms with Crippen LogP contribution in [0.3, 0.4) is 0 Å². The number of ether oxygens (including phenoxy) is 3. The topological polar surface area (TPSA) is 86.2 Å². The monoisotopic (exact) mass is 410 g/mol. The molecular formula is C23H26N2O5. The van der Waals surface area contributed by atoms with Crippen molar-refractivity contribution < 1.29 is 23.8 Å². The Morgan fingerprint density at radius 2 is 1.67 bits per heavy atom. The van der Waals surface area contributed by atoms with E-state index in [-0.39, 0.29) is 17.2 Å². The summed E-state index contributed by atoms with van der Waals surface area (Å²) >= 11 is 0. The number of benzene rings is 1. The van der Waals surface area contributed by atoms with Gasteiger partial charge in [0, 0.05) is 23.3 Å². The molecule has 3 rings (SSSR count). The summed E-state index contributed by atoms with van der Waals surface area (Å²) in [6.45, 7) is 6.21. The number of hydrogen-bond acceptors (Lipinski definition) is 5. The van der Waals surface area contributed by atoms with E-state index >= 15 is 0 Å². The van der Waals surface area contributed by atoms with Crippen LogP contribution in [-0.4, -0.2) is 38.9 Å². The van der Waals surface area contributed by atoms with Gasteiger partial charge in [0.05, 0.1) is 27.0 Å². The summed E-state index contributed by atoms with van der Waals surface area (Å²) in [7, 11) is 4.46. The fraction of sp³-hybridized carbons (Fsp3) is 0.348. The van der Waals surface area contributed by atoms with Crippen molar-refractivity contribution in [2.75, 3.05) is 21.3 Å². The zero-order valence-corrected chi connectivity index (χ0v) is 18.0. The molecule has 1 N–H and O–H groups in total.